The Morgan fingerprint density at radius 3 is 2.26 bits per heavy atom. The molecule has 4 bridgehead atoms. The van der Waals surface area contributed by atoms with E-state index in [0.29, 0.717) is 30.2 Å². The molecular formula is C20H33NO2. The van der Waals surface area contributed by atoms with E-state index in [1.165, 1.54) is 25.7 Å². The van der Waals surface area contributed by atoms with Crippen LogP contribution in [0.2, 0.25) is 0 Å². The third kappa shape index (κ3) is 2.94. The highest BCUT2D eigenvalue weighted by Gasteiger charge is 2.57. The van der Waals surface area contributed by atoms with Gasteiger partial charge in [0.25, 0.3) is 0 Å². The van der Waals surface area contributed by atoms with Crippen molar-refractivity contribution in [2.45, 2.75) is 83.8 Å². The molecule has 1 N–H and O–H groups in total. The largest absolute Gasteiger partial charge is 0.390 e. The zero-order chi connectivity index (χ0) is 16.4. The Hall–Kier alpha value is -0.570. The lowest BCUT2D eigenvalue weighted by Gasteiger charge is -2.60. The molecule has 3 nitrogen and oxygen atoms in total. The molecule has 0 spiro atoms. The second-order valence-electron chi connectivity index (χ2n) is 9.98. The molecular weight excluding hydrogens is 286 g/mol. The van der Waals surface area contributed by atoms with Crippen LogP contribution in [0.3, 0.4) is 0 Å². The first-order valence-electron chi connectivity index (χ1n) is 9.79. The number of hydrogen-bond acceptors (Lipinski definition) is 2. The van der Waals surface area contributed by atoms with E-state index in [2.05, 4.69) is 25.7 Å². The maximum Gasteiger partial charge on any atom is 0.223 e. The monoisotopic (exact) mass is 319 g/mol. The van der Waals surface area contributed by atoms with Crippen molar-refractivity contribution in [1.29, 1.82) is 0 Å². The third-order valence-electron chi connectivity index (χ3n) is 7.33. The van der Waals surface area contributed by atoms with E-state index in [4.69, 9.17) is 0 Å². The highest BCUT2D eigenvalue weighted by Crippen LogP contribution is 2.63. The fraction of sp³-hybridized carbons (Fsp3) is 0.950. The van der Waals surface area contributed by atoms with Gasteiger partial charge < -0.3 is 10.0 Å². The predicted molar refractivity (Wildman–Crippen MR) is 90.8 cm³/mol. The average molecular weight is 319 g/mol. The topological polar surface area (TPSA) is 40.5 Å². The summed E-state index contributed by atoms with van der Waals surface area (Å²) in [4.78, 5) is 15.2. The second-order valence-corrected chi connectivity index (χ2v) is 9.98. The number of carbonyl (C=O) groups excluding carboxylic acids is 1. The minimum atomic E-state index is -0.446. The first-order chi connectivity index (χ1) is 10.8. The zero-order valence-corrected chi connectivity index (χ0v) is 15.1. The summed E-state index contributed by atoms with van der Waals surface area (Å²) in [5.41, 5.74) is -0.337. The van der Waals surface area contributed by atoms with Gasteiger partial charge >= 0.3 is 0 Å². The van der Waals surface area contributed by atoms with Crippen LogP contribution in [0, 0.1) is 29.1 Å². The van der Waals surface area contributed by atoms with Gasteiger partial charge in [0.15, 0.2) is 0 Å². The smallest absolute Gasteiger partial charge is 0.223 e. The van der Waals surface area contributed by atoms with Gasteiger partial charge in [-0.3, -0.25) is 4.79 Å². The van der Waals surface area contributed by atoms with Gasteiger partial charge in [-0.15, -0.1) is 0 Å². The van der Waals surface area contributed by atoms with Crippen LogP contribution in [-0.4, -0.2) is 34.1 Å². The predicted octanol–water partition coefficient (Wildman–Crippen LogP) is 3.60. The molecule has 0 aliphatic heterocycles. The van der Waals surface area contributed by atoms with Crippen LogP contribution in [0.5, 0.6) is 0 Å². The number of nitrogens with zero attached hydrogens (tertiary/aromatic N) is 1. The molecule has 23 heavy (non-hydrogen) atoms. The summed E-state index contributed by atoms with van der Waals surface area (Å²) in [7, 11) is 0. The SMILES string of the molecule is CC(C)N(C[C@@H]1C[C@@H]1C)C(=O)CC12C[C@H]3C[C@@H](CC(O)(C3)C1)C2. The molecule has 1 amide bonds. The Labute approximate surface area is 140 Å². The summed E-state index contributed by atoms with van der Waals surface area (Å²) in [5.74, 6) is 3.21. The molecule has 5 rings (SSSR count). The number of carbonyl (C=O) groups is 1. The van der Waals surface area contributed by atoms with Crippen molar-refractivity contribution in [2.75, 3.05) is 6.54 Å². The number of aliphatic hydroxyl groups is 1. The van der Waals surface area contributed by atoms with E-state index < -0.39 is 5.60 Å². The van der Waals surface area contributed by atoms with E-state index in [1.54, 1.807) is 0 Å². The Bertz CT molecular complexity index is 486. The molecule has 0 saturated heterocycles. The molecule has 0 unspecified atom stereocenters. The van der Waals surface area contributed by atoms with Crippen LogP contribution in [0.1, 0.15) is 72.1 Å². The molecule has 130 valence electrons. The highest BCUT2D eigenvalue weighted by atomic mass is 16.3. The van der Waals surface area contributed by atoms with Crippen LogP contribution < -0.4 is 0 Å². The maximum atomic E-state index is 13.1. The van der Waals surface area contributed by atoms with E-state index in [0.717, 1.165) is 37.6 Å². The van der Waals surface area contributed by atoms with Crippen LogP contribution in [0.15, 0.2) is 0 Å². The molecule has 3 heteroatoms. The summed E-state index contributed by atoms with van der Waals surface area (Å²) in [6.45, 7) is 7.55. The first-order valence-corrected chi connectivity index (χ1v) is 9.79. The second kappa shape index (κ2) is 5.21. The minimum absolute atomic E-state index is 0.109. The molecule has 0 aromatic carbocycles. The van der Waals surface area contributed by atoms with E-state index >= 15 is 0 Å². The lowest BCUT2D eigenvalue weighted by molar-refractivity contribution is -0.172. The Morgan fingerprint density at radius 1 is 1.17 bits per heavy atom. The quantitative estimate of drug-likeness (QED) is 0.841. The summed E-state index contributed by atoms with van der Waals surface area (Å²) < 4.78 is 0. The van der Waals surface area contributed by atoms with Crippen LogP contribution >= 0.6 is 0 Å². The Kier molecular flexibility index (Phi) is 3.61. The summed E-state index contributed by atoms with van der Waals surface area (Å²) in [6.07, 6.45) is 8.50. The normalized spacial score (nSPS) is 47.2. The van der Waals surface area contributed by atoms with Crippen molar-refractivity contribution in [1.82, 2.24) is 4.90 Å². The van der Waals surface area contributed by atoms with Crippen molar-refractivity contribution in [3.63, 3.8) is 0 Å². The maximum absolute atomic E-state index is 13.1. The van der Waals surface area contributed by atoms with Crippen LogP contribution in [-0.2, 0) is 4.79 Å². The summed E-state index contributed by atoms with van der Waals surface area (Å²) in [6, 6.07) is 0.298. The number of hydrogen-bond donors (Lipinski definition) is 1. The lowest BCUT2D eigenvalue weighted by atomic mass is 9.47. The van der Waals surface area contributed by atoms with Crippen molar-refractivity contribution in [3.05, 3.63) is 0 Å². The van der Waals surface area contributed by atoms with Crippen molar-refractivity contribution in [3.8, 4) is 0 Å². The van der Waals surface area contributed by atoms with Crippen LogP contribution in [0.25, 0.3) is 0 Å². The molecule has 4 atom stereocenters. The van der Waals surface area contributed by atoms with Crippen molar-refractivity contribution < 1.29 is 9.90 Å². The average Bonchev–Trinajstić information content (AvgIpc) is 3.07. The molecule has 0 radical (unpaired) electrons. The highest BCUT2D eigenvalue weighted by molar-refractivity contribution is 5.77. The minimum Gasteiger partial charge on any atom is -0.390 e. The number of amides is 1. The van der Waals surface area contributed by atoms with Crippen molar-refractivity contribution >= 4 is 5.91 Å². The summed E-state index contributed by atoms with van der Waals surface area (Å²) >= 11 is 0. The van der Waals surface area contributed by atoms with Gasteiger partial charge in [-0.1, -0.05) is 6.92 Å². The van der Waals surface area contributed by atoms with Gasteiger partial charge in [0.05, 0.1) is 5.60 Å². The van der Waals surface area contributed by atoms with E-state index in [9.17, 15) is 9.90 Å². The van der Waals surface area contributed by atoms with Gasteiger partial charge in [0.1, 0.15) is 0 Å². The van der Waals surface area contributed by atoms with Gasteiger partial charge in [0, 0.05) is 19.0 Å². The molecule has 0 heterocycles. The van der Waals surface area contributed by atoms with E-state index in [1.807, 2.05) is 0 Å². The van der Waals surface area contributed by atoms with E-state index in [-0.39, 0.29) is 5.41 Å². The Morgan fingerprint density at radius 2 is 1.78 bits per heavy atom. The number of rotatable bonds is 5. The fourth-order valence-corrected chi connectivity index (χ4v) is 6.54. The molecule has 0 aromatic rings. The van der Waals surface area contributed by atoms with Gasteiger partial charge in [-0.2, -0.15) is 0 Å². The molecule has 5 fully saturated rings. The lowest BCUT2D eigenvalue weighted by Crippen LogP contribution is -2.57. The van der Waals surface area contributed by atoms with Crippen LogP contribution in [0.4, 0.5) is 0 Å². The fourth-order valence-electron chi connectivity index (χ4n) is 6.54. The molecule has 5 saturated carbocycles. The Balaban J connectivity index is 1.47. The molecule has 5 aliphatic rings. The third-order valence-corrected chi connectivity index (χ3v) is 7.33. The van der Waals surface area contributed by atoms with Gasteiger partial charge in [0.2, 0.25) is 5.91 Å². The standard InChI is InChI=1S/C20H33NO2/c1-13(2)21(11-17-4-14(17)3)18(22)10-19-6-15-5-16(7-19)9-20(23,8-15)12-19/h13-17,23H,4-12H2,1-3H3/t14-,15+,16+,17-,19?,20?/m0/s1. The zero-order valence-electron chi connectivity index (χ0n) is 15.1. The molecule has 5 aliphatic carbocycles. The van der Waals surface area contributed by atoms with Gasteiger partial charge in [-0.05, 0) is 87.9 Å². The van der Waals surface area contributed by atoms with Crippen molar-refractivity contribution in [2.24, 2.45) is 29.1 Å². The first kappa shape index (κ1) is 15.9. The van der Waals surface area contributed by atoms with Gasteiger partial charge in [-0.25, -0.2) is 0 Å². The molecule has 0 aromatic heterocycles. The summed E-state index contributed by atoms with van der Waals surface area (Å²) in [5, 5.41) is 10.9.